The van der Waals surface area contributed by atoms with Crippen LogP contribution in [0, 0.1) is 10.1 Å². The first kappa shape index (κ1) is 19.8. The molecule has 1 aromatic carbocycles. The molecule has 1 saturated heterocycles. The minimum absolute atomic E-state index is 0.427. The lowest BCUT2D eigenvalue weighted by atomic mass is 10.1. The van der Waals surface area contributed by atoms with Crippen molar-refractivity contribution in [2.45, 2.75) is 32.2 Å². The van der Waals surface area contributed by atoms with Crippen LogP contribution >= 0.6 is 0 Å². The number of likely N-dealkylation sites (tertiary alicyclic amines) is 1. The highest BCUT2D eigenvalue weighted by Gasteiger charge is 2.14. The topological polar surface area (TPSA) is 103 Å². The molecule has 0 amide bonds. The summed E-state index contributed by atoms with van der Waals surface area (Å²) < 4.78 is 6.82. The second-order valence-electron chi connectivity index (χ2n) is 6.81. The fraction of sp³-hybridized carbons (Fsp3) is 0.474. The zero-order valence-electron chi connectivity index (χ0n) is 15.7. The largest absolute Gasteiger partial charge is 0.494 e. The highest BCUT2D eigenvalue weighted by Crippen LogP contribution is 2.17. The van der Waals surface area contributed by atoms with E-state index in [-0.39, 0.29) is 0 Å². The van der Waals surface area contributed by atoms with Crippen LogP contribution in [-0.4, -0.2) is 45.7 Å². The van der Waals surface area contributed by atoms with Crippen molar-refractivity contribution in [2.24, 2.45) is 0 Å². The molecule has 1 N–H and O–H groups in total. The van der Waals surface area contributed by atoms with Gasteiger partial charge in [-0.15, -0.1) is 0 Å². The Kier molecular flexibility index (Phi) is 6.96. The molecule has 0 radical (unpaired) electrons. The second kappa shape index (κ2) is 9.84. The van der Waals surface area contributed by atoms with Crippen LogP contribution in [0.25, 0.3) is 0 Å². The summed E-state index contributed by atoms with van der Waals surface area (Å²) in [5.41, 5.74) is 2.76. The number of hydrogen-bond donors (Lipinski definition) is 1. The van der Waals surface area contributed by atoms with Gasteiger partial charge in [0, 0.05) is 19.5 Å². The molecule has 0 saturated carbocycles. The molecule has 1 aliphatic heterocycles. The van der Waals surface area contributed by atoms with E-state index in [0.717, 1.165) is 36.3 Å². The summed E-state index contributed by atoms with van der Waals surface area (Å²) in [4.78, 5) is 28.1. The third kappa shape index (κ3) is 5.53. The Morgan fingerprint density at radius 3 is 2.86 bits per heavy atom. The van der Waals surface area contributed by atoms with Gasteiger partial charge in [-0.05, 0) is 43.6 Å². The maximum atomic E-state index is 11.9. The van der Waals surface area contributed by atoms with Gasteiger partial charge in [0.2, 0.25) is 0 Å². The molecule has 9 heteroatoms. The molecular formula is C19H25N5O4. The van der Waals surface area contributed by atoms with Gasteiger partial charge in [0.1, 0.15) is 18.3 Å². The quantitative estimate of drug-likeness (QED) is 0.399. The molecule has 28 heavy (non-hydrogen) atoms. The fourth-order valence-electron chi connectivity index (χ4n) is 3.21. The number of piperidine rings is 1. The zero-order valence-corrected chi connectivity index (χ0v) is 15.7. The van der Waals surface area contributed by atoms with Gasteiger partial charge in [0.15, 0.2) is 0 Å². The Hall–Kier alpha value is -2.94. The molecule has 2 aromatic rings. The minimum atomic E-state index is -0.743. The van der Waals surface area contributed by atoms with Crippen molar-refractivity contribution in [1.29, 1.82) is 0 Å². The van der Waals surface area contributed by atoms with Gasteiger partial charge in [-0.3, -0.25) is 19.8 Å². The number of rotatable bonds is 9. The van der Waals surface area contributed by atoms with Crippen LogP contribution in [0.3, 0.4) is 0 Å². The molecule has 0 atom stereocenters. The summed E-state index contributed by atoms with van der Waals surface area (Å²) in [7, 11) is 0. The number of nitrogens with one attached hydrogen (secondary N) is 1. The number of nitrogens with zero attached hydrogens (tertiary/aromatic N) is 4. The Balaban J connectivity index is 1.43. The smallest absolute Gasteiger partial charge is 0.353 e. The molecule has 9 nitrogen and oxygen atoms in total. The highest BCUT2D eigenvalue weighted by molar-refractivity contribution is 5.28. The lowest BCUT2D eigenvalue weighted by Crippen LogP contribution is -2.31. The lowest BCUT2D eigenvalue weighted by Gasteiger charge is -2.26. The monoisotopic (exact) mass is 387 g/mol. The first-order valence-electron chi connectivity index (χ1n) is 9.52. The average Bonchev–Trinajstić information content (AvgIpc) is 2.70. The van der Waals surface area contributed by atoms with E-state index in [4.69, 9.17) is 4.74 Å². The van der Waals surface area contributed by atoms with Crippen molar-refractivity contribution in [1.82, 2.24) is 14.6 Å². The molecule has 3 rings (SSSR count). The SMILES string of the molecule is O=c1c([N+](=O)[O-])cncn1NCCCOc1cccc(CN2CCCCC2)c1. The van der Waals surface area contributed by atoms with Gasteiger partial charge < -0.3 is 10.2 Å². The van der Waals surface area contributed by atoms with Gasteiger partial charge >= 0.3 is 11.2 Å². The summed E-state index contributed by atoms with van der Waals surface area (Å²) in [6.45, 7) is 4.15. The van der Waals surface area contributed by atoms with Crippen LogP contribution in [0.4, 0.5) is 5.69 Å². The van der Waals surface area contributed by atoms with Crippen molar-refractivity contribution < 1.29 is 9.66 Å². The first-order chi connectivity index (χ1) is 13.6. The number of ether oxygens (including phenoxy) is 1. The van der Waals surface area contributed by atoms with Crippen LogP contribution in [-0.2, 0) is 6.54 Å². The van der Waals surface area contributed by atoms with Gasteiger partial charge in [-0.2, -0.15) is 0 Å². The van der Waals surface area contributed by atoms with Crippen LogP contribution in [0.1, 0.15) is 31.2 Å². The Morgan fingerprint density at radius 2 is 2.07 bits per heavy atom. The molecule has 1 aromatic heterocycles. The number of aromatic nitrogens is 2. The van der Waals surface area contributed by atoms with Crippen molar-refractivity contribution >= 4 is 5.69 Å². The van der Waals surface area contributed by atoms with E-state index < -0.39 is 16.2 Å². The molecule has 0 unspecified atom stereocenters. The number of benzene rings is 1. The van der Waals surface area contributed by atoms with E-state index in [9.17, 15) is 14.9 Å². The van der Waals surface area contributed by atoms with E-state index in [1.54, 1.807) is 0 Å². The normalized spacial score (nSPS) is 14.6. The van der Waals surface area contributed by atoms with Crippen LogP contribution in [0.5, 0.6) is 5.75 Å². The third-order valence-electron chi connectivity index (χ3n) is 4.64. The van der Waals surface area contributed by atoms with Crippen molar-refractivity contribution in [3.05, 3.63) is 62.8 Å². The maximum Gasteiger partial charge on any atom is 0.353 e. The highest BCUT2D eigenvalue weighted by atomic mass is 16.6. The van der Waals surface area contributed by atoms with E-state index in [0.29, 0.717) is 19.6 Å². The summed E-state index contributed by atoms with van der Waals surface area (Å²) in [5, 5.41) is 10.8. The minimum Gasteiger partial charge on any atom is -0.494 e. The first-order valence-corrected chi connectivity index (χ1v) is 9.52. The lowest BCUT2D eigenvalue weighted by molar-refractivity contribution is -0.386. The predicted octanol–water partition coefficient (Wildman–Crippen LogP) is 2.15. The van der Waals surface area contributed by atoms with Crippen molar-refractivity contribution in [2.75, 3.05) is 31.7 Å². The summed E-state index contributed by atoms with van der Waals surface area (Å²) >= 11 is 0. The summed E-state index contributed by atoms with van der Waals surface area (Å²) in [6.07, 6.45) is 6.66. The van der Waals surface area contributed by atoms with Crippen LogP contribution in [0.15, 0.2) is 41.6 Å². The molecule has 150 valence electrons. The van der Waals surface area contributed by atoms with Gasteiger partial charge in [0.05, 0.1) is 11.5 Å². The zero-order chi connectivity index (χ0) is 19.8. The molecule has 2 heterocycles. The van der Waals surface area contributed by atoms with Gasteiger partial charge in [0.25, 0.3) is 0 Å². The van der Waals surface area contributed by atoms with Gasteiger partial charge in [-0.1, -0.05) is 18.6 Å². The Labute approximate surface area is 163 Å². The second-order valence-corrected chi connectivity index (χ2v) is 6.81. The van der Waals surface area contributed by atoms with E-state index in [1.807, 2.05) is 12.1 Å². The van der Waals surface area contributed by atoms with E-state index in [2.05, 4.69) is 27.4 Å². The number of nitro groups is 1. The third-order valence-corrected chi connectivity index (χ3v) is 4.64. The van der Waals surface area contributed by atoms with Crippen LogP contribution < -0.4 is 15.7 Å². The summed E-state index contributed by atoms with van der Waals surface area (Å²) in [6, 6.07) is 8.12. The molecular weight excluding hydrogens is 362 g/mol. The molecule has 0 bridgehead atoms. The average molecular weight is 387 g/mol. The predicted molar refractivity (Wildman–Crippen MR) is 105 cm³/mol. The fourth-order valence-corrected chi connectivity index (χ4v) is 3.21. The molecule has 1 fully saturated rings. The van der Waals surface area contributed by atoms with E-state index in [1.165, 1.54) is 31.2 Å². The molecule has 1 aliphatic rings. The summed E-state index contributed by atoms with van der Waals surface area (Å²) in [5.74, 6) is 0.823. The van der Waals surface area contributed by atoms with Crippen molar-refractivity contribution in [3.8, 4) is 5.75 Å². The maximum absolute atomic E-state index is 11.9. The van der Waals surface area contributed by atoms with Crippen LogP contribution in [0.2, 0.25) is 0 Å². The molecule has 0 spiro atoms. The van der Waals surface area contributed by atoms with Crippen molar-refractivity contribution in [3.63, 3.8) is 0 Å². The Morgan fingerprint density at radius 1 is 1.25 bits per heavy atom. The Bertz CT molecular complexity index is 848. The molecule has 0 aliphatic carbocycles. The number of hydrogen-bond acceptors (Lipinski definition) is 7. The van der Waals surface area contributed by atoms with Gasteiger partial charge in [-0.25, -0.2) is 9.66 Å². The standard InChI is InChI=1S/C19H25N5O4/c25-19-18(24(26)27)13-20-15-23(19)21-8-5-11-28-17-7-4-6-16(12-17)14-22-9-2-1-3-10-22/h4,6-7,12-13,15,21H,1-3,5,8-11,14H2. The van der Waals surface area contributed by atoms with E-state index >= 15 is 0 Å².